The second-order valence-corrected chi connectivity index (χ2v) is 8.72. The Morgan fingerprint density at radius 2 is 1.91 bits per heavy atom. The molecule has 178 valence electrons. The first-order valence-corrected chi connectivity index (χ1v) is 11.5. The Bertz CT molecular complexity index is 1270. The summed E-state index contributed by atoms with van der Waals surface area (Å²) in [4.78, 5) is 34.7. The van der Waals surface area contributed by atoms with E-state index in [4.69, 9.17) is 9.15 Å². The van der Waals surface area contributed by atoms with Crippen LogP contribution in [0.5, 0.6) is 0 Å². The van der Waals surface area contributed by atoms with Crippen molar-refractivity contribution in [2.24, 2.45) is 0 Å². The summed E-state index contributed by atoms with van der Waals surface area (Å²) in [5, 5.41) is 11.4. The molecule has 0 radical (unpaired) electrons. The molecule has 0 spiro atoms. The van der Waals surface area contributed by atoms with E-state index >= 15 is 0 Å². The second-order valence-electron chi connectivity index (χ2n) is 8.72. The van der Waals surface area contributed by atoms with E-state index in [0.29, 0.717) is 54.7 Å². The normalized spacial score (nSPS) is 21.1. The molecule has 5 rings (SSSR count). The predicted molar refractivity (Wildman–Crippen MR) is 124 cm³/mol. The highest BCUT2D eigenvalue weighted by Crippen LogP contribution is 2.40. The van der Waals surface area contributed by atoms with E-state index in [0.717, 1.165) is 19.6 Å². The highest BCUT2D eigenvalue weighted by molar-refractivity contribution is 6.46. The van der Waals surface area contributed by atoms with Crippen molar-refractivity contribution < 1.29 is 23.8 Å². The van der Waals surface area contributed by atoms with Crippen LogP contribution in [0.2, 0.25) is 0 Å². The number of furan rings is 1. The van der Waals surface area contributed by atoms with Crippen LogP contribution in [-0.4, -0.2) is 75.4 Å². The second kappa shape index (κ2) is 9.08. The van der Waals surface area contributed by atoms with Gasteiger partial charge in [-0.3, -0.25) is 18.9 Å². The number of fused-ring (bicyclic) bond motifs is 1. The molecule has 9 nitrogen and oxygen atoms in total. The molecule has 5 heterocycles. The molecule has 0 unspecified atom stereocenters. The number of imidazole rings is 1. The minimum Gasteiger partial charge on any atom is -0.505 e. The first-order valence-electron chi connectivity index (χ1n) is 11.5. The van der Waals surface area contributed by atoms with Crippen LogP contribution in [-0.2, 0) is 14.3 Å². The fourth-order valence-corrected chi connectivity index (χ4v) is 4.82. The molecule has 34 heavy (non-hydrogen) atoms. The molecule has 1 N–H and O–H groups in total. The molecule has 1 amide bonds. The van der Waals surface area contributed by atoms with Gasteiger partial charge in [-0.15, -0.1) is 0 Å². The van der Waals surface area contributed by atoms with Crippen LogP contribution >= 0.6 is 0 Å². The maximum absolute atomic E-state index is 13.2. The van der Waals surface area contributed by atoms with Crippen molar-refractivity contribution in [1.29, 1.82) is 0 Å². The zero-order valence-electron chi connectivity index (χ0n) is 19.4. The quantitative estimate of drug-likeness (QED) is 0.340. The van der Waals surface area contributed by atoms with Gasteiger partial charge in [0, 0.05) is 32.4 Å². The number of aryl methyl sites for hydroxylation is 2. The van der Waals surface area contributed by atoms with E-state index in [-0.39, 0.29) is 11.3 Å². The smallest absolute Gasteiger partial charge is 0.295 e. The van der Waals surface area contributed by atoms with E-state index < -0.39 is 17.7 Å². The number of amides is 1. The van der Waals surface area contributed by atoms with Crippen molar-refractivity contribution in [3.05, 3.63) is 65.0 Å². The molecule has 9 heteroatoms. The van der Waals surface area contributed by atoms with Gasteiger partial charge >= 0.3 is 0 Å². The predicted octanol–water partition coefficient (Wildman–Crippen LogP) is 2.69. The first-order chi connectivity index (χ1) is 16.5. The zero-order valence-corrected chi connectivity index (χ0v) is 19.4. The van der Waals surface area contributed by atoms with Crippen molar-refractivity contribution >= 4 is 23.1 Å². The molecule has 1 atom stereocenters. The van der Waals surface area contributed by atoms with E-state index in [9.17, 15) is 14.7 Å². The molecular weight excluding hydrogens is 436 g/mol. The highest BCUT2D eigenvalue weighted by Gasteiger charge is 2.47. The Hall–Kier alpha value is -3.43. The lowest BCUT2D eigenvalue weighted by Gasteiger charge is -2.28. The molecule has 0 bridgehead atoms. The summed E-state index contributed by atoms with van der Waals surface area (Å²) >= 11 is 0. The number of morpholine rings is 1. The van der Waals surface area contributed by atoms with Gasteiger partial charge in [0.15, 0.2) is 5.76 Å². The summed E-state index contributed by atoms with van der Waals surface area (Å²) < 4.78 is 13.0. The van der Waals surface area contributed by atoms with Gasteiger partial charge in [-0.25, -0.2) is 4.98 Å². The molecule has 0 aliphatic carbocycles. The first kappa shape index (κ1) is 22.4. The largest absolute Gasteiger partial charge is 0.505 e. The van der Waals surface area contributed by atoms with Crippen LogP contribution in [0.15, 0.2) is 46.5 Å². The Balaban J connectivity index is 1.53. The summed E-state index contributed by atoms with van der Waals surface area (Å²) in [6, 6.07) is 8.25. The molecule has 0 aromatic carbocycles. The Kier molecular flexibility index (Phi) is 5.97. The number of hydrogen-bond acceptors (Lipinski definition) is 7. The number of carbonyl (C=O) groups excluding carboxylic acids is 2. The number of nitrogens with zero attached hydrogens (tertiary/aromatic N) is 4. The van der Waals surface area contributed by atoms with Gasteiger partial charge in [-0.2, -0.15) is 0 Å². The molecule has 3 aromatic heterocycles. The number of hydrogen-bond donors (Lipinski definition) is 1. The Morgan fingerprint density at radius 1 is 1.12 bits per heavy atom. The lowest BCUT2D eigenvalue weighted by Crippen LogP contribution is -2.38. The highest BCUT2D eigenvalue weighted by atomic mass is 16.5. The molecule has 3 aromatic rings. The number of rotatable bonds is 6. The number of likely N-dealkylation sites (tertiary alicyclic amines) is 1. The number of ether oxygens (including phenoxy) is 1. The Morgan fingerprint density at radius 3 is 2.65 bits per heavy atom. The maximum atomic E-state index is 13.2. The standard InChI is InChI=1S/C25H28N4O5/c1-16-7-8-18(34-16)22-20(23(30)21-17(2)26-19-6-3-4-10-28(19)21)24(31)25(32)29(22)11-5-9-27-12-14-33-15-13-27/h3-4,6-8,10,22,30H,5,9,11-15H2,1-2H3/b23-20+/t22-/m1/s1. The van der Waals surface area contributed by atoms with Crippen molar-refractivity contribution in [1.82, 2.24) is 19.2 Å². The number of aliphatic hydroxyl groups is 1. The number of carbonyl (C=O) groups is 2. The fraction of sp³-hybridized carbons (Fsp3) is 0.400. The van der Waals surface area contributed by atoms with Crippen molar-refractivity contribution in [2.75, 3.05) is 39.4 Å². The Labute approximate surface area is 197 Å². The third-order valence-corrected chi connectivity index (χ3v) is 6.48. The number of ketones is 1. The lowest BCUT2D eigenvalue weighted by atomic mass is 10.0. The van der Waals surface area contributed by atoms with Gasteiger partial charge < -0.3 is 19.2 Å². The van der Waals surface area contributed by atoms with Crippen molar-refractivity contribution in [3.8, 4) is 0 Å². The van der Waals surface area contributed by atoms with Crippen LogP contribution in [0.25, 0.3) is 11.4 Å². The number of aromatic nitrogens is 2. The molecule has 0 saturated carbocycles. The van der Waals surface area contributed by atoms with Crippen LogP contribution < -0.4 is 0 Å². The van der Waals surface area contributed by atoms with Gasteiger partial charge in [-0.1, -0.05) is 6.07 Å². The summed E-state index contributed by atoms with van der Waals surface area (Å²) in [5.74, 6) is -0.470. The van der Waals surface area contributed by atoms with Gasteiger partial charge in [0.1, 0.15) is 28.9 Å². The topological polar surface area (TPSA) is 101 Å². The minimum absolute atomic E-state index is 0.0273. The molecular formula is C25H28N4O5. The number of aliphatic hydroxyl groups excluding tert-OH is 1. The van der Waals surface area contributed by atoms with E-state index in [2.05, 4.69) is 9.88 Å². The molecule has 2 aliphatic rings. The SMILES string of the molecule is Cc1ccc([C@@H]2/C(=C(\O)c3c(C)nc4ccccn34)C(=O)C(=O)N2CCCN2CCOCC2)o1. The van der Waals surface area contributed by atoms with E-state index in [1.54, 1.807) is 29.7 Å². The summed E-state index contributed by atoms with van der Waals surface area (Å²) in [6.45, 7) is 7.86. The van der Waals surface area contributed by atoms with E-state index in [1.807, 2.05) is 25.1 Å². The van der Waals surface area contributed by atoms with Crippen LogP contribution in [0.1, 0.15) is 35.4 Å². The fourth-order valence-electron chi connectivity index (χ4n) is 4.82. The van der Waals surface area contributed by atoms with Crippen LogP contribution in [0.4, 0.5) is 0 Å². The summed E-state index contributed by atoms with van der Waals surface area (Å²) in [5.41, 5.74) is 1.64. The average Bonchev–Trinajstić information content (AvgIpc) is 3.48. The van der Waals surface area contributed by atoms with Gasteiger partial charge in [0.25, 0.3) is 11.7 Å². The van der Waals surface area contributed by atoms with Gasteiger partial charge in [0.2, 0.25) is 0 Å². The van der Waals surface area contributed by atoms with Crippen molar-refractivity contribution in [2.45, 2.75) is 26.3 Å². The minimum atomic E-state index is -0.799. The summed E-state index contributed by atoms with van der Waals surface area (Å²) in [6.07, 6.45) is 2.47. The van der Waals surface area contributed by atoms with Gasteiger partial charge in [0.05, 0.1) is 24.5 Å². The third-order valence-electron chi connectivity index (χ3n) is 6.48. The zero-order chi connectivity index (χ0) is 23.8. The lowest BCUT2D eigenvalue weighted by molar-refractivity contribution is -0.140. The van der Waals surface area contributed by atoms with Crippen molar-refractivity contribution in [3.63, 3.8) is 0 Å². The molecule has 2 saturated heterocycles. The third kappa shape index (κ3) is 3.91. The van der Waals surface area contributed by atoms with E-state index in [1.165, 1.54) is 4.90 Å². The maximum Gasteiger partial charge on any atom is 0.295 e. The summed E-state index contributed by atoms with van der Waals surface area (Å²) in [7, 11) is 0. The number of pyridine rings is 1. The van der Waals surface area contributed by atoms with Gasteiger partial charge in [-0.05, 0) is 44.5 Å². The van der Waals surface area contributed by atoms with Crippen LogP contribution in [0.3, 0.4) is 0 Å². The molecule has 2 fully saturated rings. The monoisotopic (exact) mass is 464 g/mol. The average molecular weight is 465 g/mol. The molecule has 2 aliphatic heterocycles. The van der Waals surface area contributed by atoms with Crippen LogP contribution in [0, 0.1) is 13.8 Å². The number of Topliss-reactive ketones (excluding diaryl/α,β-unsaturated/α-hetero) is 1.